The van der Waals surface area contributed by atoms with Gasteiger partial charge in [0, 0.05) is 6.04 Å². The van der Waals surface area contributed by atoms with Crippen molar-refractivity contribution in [1.29, 1.82) is 0 Å². The SMILES string of the molecule is Cc1ccc(C(C)C)c(OCCCNCCC(C)NC(c2ccccc2)(c2ccccc2)c2ccccc2)c1. The smallest absolute Gasteiger partial charge is 0.122 e. The molecule has 3 nitrogen and oxygen atoms in total. The third kappa shape index (κ3) is 7.38. The molecule has 0 aliphatic heterocycles. The summed E-state index contributed by atoms with van der Waals surface area (Å²) in [6.45, 7) is 11.5. The van der Waals surface area contributed by atoms with E-state index in [1.165, 1.54) is 27.8 Å². The molecule has 204 valence electrons. The van der Waals surface area contributed by atoms with Crippen LogP contribution in [0.3, 0.4) is 0 Å². The molecule has 0 saturated carbocycles. The van der Waals surface area contributed by atoms with Gasteiger partial charge in [0.25, 0.3) is 0 Å². The molecule has 0 aromatic heterocycles. The van der Waals surface area contributed by atoms with E-state index in [0.29, 0.717) is 5.92 Å². The van der Waals surface area contributed by atoms with E-state index in [2.05, 4.69) is 148 Å². The summed E-state index contributed by atoms with van der Waals surface area (Å²) in [5, 5.41) is 7.70. The molecule has 0 radical (unpaired) electrons. The van der Waals surface area contributed by atoms with E-state index in [1.54, 1.807) is 0 Å². The largest absolute Gasteiger partial charge is 0.493 e. The summed E-state index contributed by atoms with van der Waals surface area (Å²) in [6.07, 6.45) is 2.00. The molecule has 0 heterocycles. The van der Waals surface area contributed by atoms with Gasteiger partial charge in [-0.3, -0.25) is 5.32 Å². The Morgan fingerprint density at radius 1 is 0.692 bits per heavy atom. The second-order valence-electron chi connectivity index (χ2n) is 10.8. The summed E-state index contributed by atoms with van der Waals surface area (Å²) in [6, 6.07) is 39.3. The van der Waals surface area contributed by atoms with Crippen molar-refractivity contribution in [2.45, 2.75) is 58.0 Å². The first-order valence-corrected chi connectivity index (χ1v) is 14.4. The molecule has 1 unspecified atom stereocenters. The number of aryl methyl sites for hydroxylation is 1. The lowest BCUT2D eigenvalue weighted by Crippen LogP contribution is -2.49. The third-order valence-corrected chi connectivity index (χ3v) is 7.38. The van der Waals surface area contributed by atoms with E-state index in [4.69, 9.17) is 4.74 Å². The van der Waals surface area contributed by atoms with Crippen LogP contribution in [-0.2, 0) is 5.54 Å². The second kappa shape index (κ2) is 14.1. The van der Waals surface area contributed by atoms with Crippen molar-refractivity contribution in [3.05, 3.63) is 137 Å². The maximum atomic E-state index is 6.17. The second-order valence-corrected chi connectivity index (χ2v) is 10.8. The van der Waals surface area contributed by atoms with Crippen LogP contribution in [0.1, 0.15) is 67.3 Å². The lowest BCUT2D eigenvalue weighted by atomic mass is 9.76. The number of hydrogen-bond acceptors (Lipinski definition) is 3. The zero-order valence-corrected chi connectivity index (χ0v) is 24.0. The van der Waals surface area contributed by atoms with Gasteiger partial charge >= 0.3 is 0 Å². The van der Waals surface area contributed by atoms with E-state index in [9.17, 15) is 0 Å². The van der Waals surface area contributed by atoms with E-state index in [-0.39, 0.29) is 6.04 Å². The Morgan fingerprint density at radius 3 is 1.74 bits per heavy atom. The van der Waals surface area contributed by atoms with E-state index in [1.807, 2.05) is 0 Å². The molecule has 0 amide bonds. The summed E-state index contributed by atoms with van der Waals surface area (Å²) in [7, 11) is 0. The van der Waals surface area contributed by atoms with Crippen molar-refractivity contribution in [3.8, 4) is 5.75 Å². The number of ether oxygens (including phenoxy) is 1. The van der Waals surface area contributed by atoms with Crippen LogP contribution in [0.5, 0.6) is 5.75 Å². The molecule has 3 heteroatoms. The molecular weight excluding hydrogens is 476 g/mol. The predicted octanol–water partition coefficient (Wildman–Crippen LogP) is 7.84. The fourth-order valence-electron chi connectivity index (χ4n) is 5.32. The quantitative estimate of drug-likeness (QED) is 0.131. The number of benzene rings is 4. The molecule has 0 saturated heterocycles. The zero-order valence-electron chi connectivity index (χ0n) is 24.0. The molecule has 4 aromatic carbocycles. The molecule has 0 fully saturated rings. The highest BCUT2D eigenvalue weighted by atomic mass is 16.5. The van der Waals surface area contributed by atoms with Crippen LogP contribution in [0.2, 0.25) is 0 Å². The Morgan fingerprint density at radius 2 is 1.23 bits per heavy atom. The Kier molecular flexibility index (Phi) is 10.4. The average molecular weight is 521 g/mol. The molecule has 39 heavy (non-hydrogen) atoms. The van der Waals surface area contributed by atoms with Gasteiger partial charge in [-0.2, -0.15) is 0 Å². The summed E-state index contributed by atoms with van der Waals surface area (Å²) >= 11 is 0. The summed E-state index contributed by atoms with van der Waals surface area (Å²) in [5.74, 6) is 1.49. The van der Waals surface area contributed by atoms with E-state index < -0.39 is 5.54 Å². The van der Waals surface area contributed by atoms with E-state index >= 15 is 0 Å². The summed E-state index contributed by atoms with van der Waals surface area (Å²) in [4.78, 5) is 0. The third-order valence-electron chi connectivity index (χ3n) is 7.38. The molecule has 4 rings (SSSR count). The molecule has 0 aliphatic carbocycles. The fraction of sp³-hybridized carbons (Fsp3) is 0.333. The molecule has 0 bridgehead atoms. The topological polar surface area (TPSA) is 33.3 Å². The fourth-order valence-corrected chi connectivity index (χ4v) is 5.32. The van der Waals surface area contributed by atoms with Gasteiger partial charge in [-0.25, -0.2) is 0 Å². The molecule has 0 spiro atoms. The van der Waals surface area contributed by atoms with Gasteiger partial charge in [0.2, 0.25) is 0 Å². The van der Waals surface area contributed by atoms with Crippen LogP contribution in [-0.4, -0.2) is 25.7 Å². The van der Waals surface area contributed by atoms with Crippen LogP contribution in [0, 0.1) is 6.92 Å². The highest BCUT2D eigenvalue weighted by molar-refractivity contribution is 5.49. The summed E-state index contributed by atoms with van der Waals surface area (Å²) < 4.78 is 6.17. The minimum Gasteiger partial charge on any atom is -0.493 e. The Bertz CT molecular complexity index is 1160. The summed E-state index contributed by atoms with van der Waals surface area (Å²) in [5.41, 5.74) is 5.83. The Labute approximate surface area is 235 Å². The molecule has 0 aliphatic rings. The van der Waals surface area contributed by atoms with Gasteiger partial charge in [-0.05, 0) is 79.6 Å². The number of rotatable bonds is 14. The highest BCUT2D eigenvalue weighted by Crippen LogP contribution is 2.37. The van der Waals surface area contributed by atoms with Crippen molar-refractivity contribution in [1.82, 2.24) is 10.6 Å². The molecule has 1 atom stereocenters. The van der Waals surface area contributed by atoms with Crippen LogP contribution in [0.25, 0.3) is 0 Å². The molecule has 2 N–H and O–H groups in total. The van der Waals surface area contributed by atoms with Gasteiger partial charge in [0.05, 0.1) is 12.1 Å². The van der Waals surface area contributed by atoms with Crippen molar-refractivity contribution in [3.63, 3.8) is 0 Å². The van der Waals surface area contributed by atoms with Crippen molar-refractivity contribution < 1.29 is 4.74 Å². The van der Waals surface area contributed by atoms with Crippen molar-refractivity contribution in [2.75, 3.05) is 19.7 Å². The van der Waals surface area contributed by atoms with Gasteiger partial charge < -0.3 is 10.1 Å². The average Bonchev–Trinajstić information content (AvgIpc) is 2.96. The van der Waals surface area contributed by atoms with E-state index in [0.717, 1.165) is 38.3 Å². The number of nitrogens with one attached hydrogen (secondary N) is 2. The van der Waals surface area contributed by atoms with Crippen molar-refractivity contribution in [2.24, 2.45) is 0 Å². The van der Waals surface area contributed by atoms with Crippen LogP contribution < -0.4 is 15.4 Å². The lowest BCUT2D eigenvalue weighted by molar-refractivity contribution is 0.303. The first-order valence-electron chi connectivity index (χ1n) is 14.4. The number of hydrogen-bond donors (Lipinski definition) is 2. The first-order chi connectivity index (χ1) is 19.0. The van der Waals surface area contributed by atoms with Crippen molar-refractivity contribution >= 4 is 0 Å². The van der Waals surface area contributed by atoms with Gasteiger partial charge in [0.15, 0.2) is 0 Å². The first kappa shape index (κ1) is 28.6. The maximum absolute atomic E-state index is 6.17. The molecular formula is C36H44N2O. The lowest BCUT2D eigenvalue weighted by Gasteiger charge is -2.39. The Hall–Kier alpha value is -3.40. The zero-order chi connectivity index (χ0) is 27.5. The van der Waals surface area contributed by atoms with Gasteiger partial charge in [-0.1, -0.05) is 117 Å². The normalized spacial score (nSPS) is 12.4. The predicted molar refractivity (Wildman–Crippen MR) is 165 cm³/mol. The van der Waals surface area contributed by atoms with Gasteiger partial charge in [0.1, 0.15) is 5.75 Å². The molecule has 4 aromatic rings. The maximum Gasteiger partial charge on any atom is 0.122 e. The monoisotopic (exact) mass is 520 g/mol. The van der Waals surface area contributed by atoms with Crippen LogP contribution in [0.4, 0.5) is 0 Å². The standard InChI is InChI=1S/C36H44N2O/c1-28(2)34-22-21-29(3)27-35(34)39-26-14-24-37-25-23-30(4)38-36(31-15-8-5-9-16-31,32-17-10-6-11-18-32)33-19-12-7-13-20-33/h5-13,15-22,27-28,30,37-38H,14,23-26H2,1-4H3. The Balaban J connectivity index is 1.37. The van der Waals surface area contributed by atoms with Crippen LogP contribution in [0.15, 0.2) is 109 Å². The highest BCUT2D eigenvalue weighted by Gasteiger charge is 2.37. The van der Waals surface area contributed by atoms with Gasteiger partial charge in [-0.15, -0.1) is 0 Å². The van der Waals surface area contributed by atoms with Crippen LogP contribution >= 0.6 is 0 Å². The minimum absolute atomic E-state index is 0.287. The minimum atomic E-state index is -0.432.